The van der Waals surface area contributed by atoms with Gasteiger partial charge in [0, 0.05) is 12.6 Å². The average Bonchev–Trinajstić information content (AvgIpc) is 3.09. The number of benzene rings is 1. The highest BCUT2D eigenvalue weighted by Crippen LogP contribution is 2.31. The van der Waals surface area contributed by atoms with E-state index in [9.17, 15) is 0 Å². The third kappa shape index (κ3) is 2.99. The van der Waals surface area contributed by atoms with Crippen molar-refractivity contribution in [3.8, 4) is 5.75 Å². The molecule has 1 fully saturated rings. The van der Waals surface area contributed by atoms with Crippen molar-refractivity contribution in [2.45, 2.75) is 32.7 Å². The zero-order valence-corrected chi connectivity index (χ0v) is 10.7. The summed E-state index contributed by atoms with van der Waals surface area (Å²) >= 11 is 0. The molecule has 0 aromatic heterocycles. The fourth-order valence-corrected chi connectivity index (χ4v) is 2.22. The first-order valence-corrected chi connectivity index (χ1v) is 6.31. The van der Waals surface area contributed by atoms with Crippen LogP contribution in [0.15, 0.2) is 12.1 Å². The molecule has 17 heavy (non-hydrogen) atoms. The lowest BCUT2D eigenvalue weighted by molar-refractivity contribution is 0.299. The minimum atomic E-state index is -0.0764. The van der Waals surface area contributed by atoms with Crippen LogP contribution in [-0.4, -0.2) is 13.2 Å². The summed E-state index contributed by atoms with van der Waals surface area (Å²) in [5.41, 5.74) is 15.2. The normalized spacial score (nSPS) is 16.9. The first-order valence-electron chi connectivity index (χ1n) is 6.31. The molecular formula is C14H22N2O. The molecule has 2 rings (SSSR count). The van der Waals surface area contributed by atoms with Gasteiger partial charge in [0.2, 0.25) is 0 Å². The van der Waals surface area contributed by atoms with Crippen LogP contribution in [0.1, 0.15) is 35.6 Å². The van der Waals surface area contributed by atoms with Gasteiger partial charge in [-0.3, -0.25) is 0 Å². The maximum atomic E-state index is 6.01. The van der Waals surface area contributed by atoms with Crippen molar-refractivity contribution < 1.29 is 4.74 Å². The topological polar surface area (TPSA) is 61.3 Å². The van der Waals surface area contributed by atoms with Gasteiger partial charge in [0.05, 0.1) is 6.61 Å². The van der Waals surface area contributed by atoms with Crippen molar-refractivity contribution in [2.24, 2.45) is 17.4 Å². The zero-order valence-electron chi connectivity index (χ0n) is 10.7. The van der Waals surface area contributed by atoms with Crippen molar-refractivity contribution in [2.75, 3.05) is 13.2 Å². The molecule has 0 bridgehead atoms. The van der Waals surface area contributed by atoms with Crippen LogP contribution >= 0.6 is 0 Å². The van der Waals surface area contributed by atoms with Gasteiger partial charge in [-0.2, -0.15) is 0 Å². The van der Waals surface area contributed by atoms with E-state index in [0.717, 1.165) is 23.8 Å². The largest absolute Gasteiger partial charge is 0.493 e. The summed E-state index contributed by atoms with van der Waals surface area (Å²) in [5, 5.41) is 0. The van der Waals surface area contributed by atoms with Crippen LogP contribution in [0.3, 0.4) is 0 Å². The third-order valence-electron chi connectivity index (χ3n) is 3.37. The molecule has 1 aliphatic carbocycles. The molecule has 1 atom stereocenters. The molecule has 0 spiro atoms. The quantitative estimate of drug-likeness (QED) is 0.819. The second-order valence-electron chi connectivity index (χ2n) is 5.07. The van der Waals surface area contributed by atoms with Gasteiger partial charge in [0.1, 0.15) is 5.75 Å². The van der Waals surface area contributed by atoms with E-state index >= 15 is 0 Å². The van der Waals surface area contributed by atoms with Gasteiger partial charge in [-0.15, -0.1) is 0 Å². The van der Waals surface area contributed by atoms with Crippen LogP contribution in [-0.2, 0) is 0 Å². The molecule has 1 saturated carbocycles. The smallest absolute Gasteiger partial charge is 0.119 e. The second-order valence-corrected chi connectivity index (χ2v) is 5.07. The Hall–Kier alpha value is -1.06. The molecule has 3 nitrogen and oxygen atoms in total. The second kappa shape index (κ2) is 5.07. The van der Waals surface area contributed by atoms with E-state index in [2.05, 4.69) is 26.0 Å². The maximum absolute atomic E-state index is 6.01. The summed E-state index contributed by atoms with van der Waals surface area (Å²) < 4.78 is 5.79. The summed E-state index contributed by atoms with van der Waals surface area (Å²) in [4.78, 5) is 0. The van der Waals surface area contributed by atoms with Crippen LogP contribution in [0.2, 0.25) is 0 Å². The van der Waals surface area contributed by atoms with Gasteiger partial charge in [-0.25, -0.2) is 0 Å². The fourth-order valence-electron chi connectivity index (χ4n) is 2.22. The first kappa shape index (κ1) is 12.4. The number of aryl methyl sites for hydroxylation is 2. The highest BCUT2D eigenvalue weighted by molar-refractivity contribution is 5.43. The van der Waals surface area contributed by atoms with Gasteiger partial charge in [0.15, 0.2) is 0 Å². The van der Waals surface area contributed by atoms with Crippen molar-refractivity contribution in [1.29, 1.82) is 0 Å². The molecule has 94 valence electrons. The predicted molar refractivity (Wildman–Crippen MR) is 70.1 cm³/mol. The lowest BCUT2D eigenvalue weighted by Crippen LogP contribution is -2.22. The molecule has 1 aromatic carbocycles. The number of hydrogen-bond donors (Lipinski definition) is 2. The van der Waals surface area contributed by atoms with Crippen LogP contribution in [0.4, 0.5) is 0 Å². The maximum Gasteiger partial charge on any atom is 0.119 e. The van der Waals surface area contributed by atoms with Crippen molar-refractivity contribution in [3.63, 3.8) is 0 Å². The zero-order chi connectivity index (χ0) is 12.4. The number of rotatable bonds is 5. The van der Waals surface area contributed by atoms with E-state index in [1.54, 1.807) is 0 Å². The van der Waals surface area contributed by atoms with E-state index in [1.807, 2.05) is 0 Å². The van der Waals surface area contributed by atoms with Gasteiger partial charge in [-0.1, -0.05) is 0 Å². The molecule has 1 unspecified atom stereocenters. The van der Waals surface area contributed by atoms with E-state index in [4.69, 9.17) is 16.2 Å². The van der Waals surface area contributed by atoms with E-state index in [0.29, 0.717) is 6.54 Å². The molecule has 3 heteroatoms. The first-order chi connectivity index (χ1) is 8.11. The Morgan fingerprint density at radius 3 is 2.35 bits per heavy atom. The van der Waals surface area contributed by atoms with Crippen LogP contribution in [0, 0.1) is 19.8 Å². The minimum Gasteiger partial charge on any atom is -0.493 e. The summed E-state index contributed by atoms with van der Waals surface area (Å²) in [6.07, 6.45) is 2.63. The number of nitrogens with two attached hydrogens (primary N) is 2. The highest BCUT2D eigenvalue weighted by atomic mass is 16.5. The Bertz CT molecular complexity index is 376. The van der Waals surface area contributed by atoms with Gasteiger partial charge < -0.3 is 16.2 Å². The van der Waals surface area contributed by atoms with Gasteiger partial charge in [0.25, 0.3) is 0 Å². The fraction of sp³-hybridized carbons (Fsp3) is 0.571. The van der Waals surface area contributed by atoms with Crippen LogP contribution in [0.25, 0.3) is 0 Å². The van der Waals surface area contributed by atoms with Crippen molar-refractivity contribution >= 4 is 0 Å². The molecule has 4 N–H and O–H groups in total. The summed E-state index contributed by atoms with van der Waals surface area (Å²) in [7, 11) is 0. The number of hydrogen-bond acceptors (Lipinski definition) is 3. The lowest BCUT2D eigenvalue weighted by Gasteiger charge is -2.17. The Labute approximate surface area is 103 Å². The Morgan fingerprint density at radius 1 is 1.29 bits per heavy atom. The number of ether oxygens (including phenoxy) is 1. The van der Waals surface area contributed by atoms with Gasteiger partial charge in [-0.05, 0) is 61.4 Å². The highest BCUT2D eigenvalue weighted by Gasteiger charge is 2.22. The molecule has 1 aromatic rings. The Balaban J connectivity index is 2.14. The molecule has 0 aliphatic heterocycles. The van der Waals surface area contributed by atoms with Crippen molar-refractivity contribution in [1.82, 2.24) is 0 Å². The van der Waals surface area contributed by atoms with E-state index in [1.165, 1.54) is 24.0 Å². The average molecular weight is 234 g/mol. The molecule has 0 saturated heterocycles. The minimum absolute atomic E-state index is 0.0764. The van der Waals surface area contributed by atoms with Crippen LogP contribution < -0.4 is 16.2 Å². The van der Waals surface area contributed by atoms with Gasteiger partial charge >= 0.3 is 0 Å². The lowest BCUT2D eigenvalue weighted by atomic mass is 9.96. The Morgan fingerprint density at radius 2 is 1.88 bits per heavy atom. The monoisotopic (exact) mass is 234 g/mol. The van der Waals surface area contributed by atoms with E-state index in [-0.39, 0.29) is 6.04 Å². The Kier molecular flexibility index (Phi) is 3.69. The van der Waals surface area contributed by atoms with Crippen molar-refractivity contribution in [3.05, 3.63) is 28.8 Å². The summed E-state index contributed by atoms with van der Waals surface area (Å²) in [5.74, 6) is 1.74. The third-order valence-corrected chi connectivity index (χ3v) is 3.37. The SMILES string of the molecule is Cc1cc(OCC2CC2)cc(C)c1C(N)CN. The van der Waals surface area contributed by atoms with Crippen LogP contribution in [0.5, 0.6) is 5.75 Å². The summed E-state index contributed by atoms with van der Waals surface area (Å²) in [6, 6.07) is 4.06. The standard InChI is InChI=1S/C14H22N2O/c1-9-5-12(17-8-11-3-4-11)6-10(2)14(9)13(16)7-15/h5-6,11,13H,3-4,7-8,15-16H2,1-2H3. The molecule has 0 radical (unpaired) electrons. The molecule has 0 amide bonds. The molecule has 1 aliphatic rings. The summed E-state index contributed by atoms with van der Waals surface area (Å²) in [6.45, 7) is 5.47. The molecular weight excluding hydrogens is 212 g/mol. The molecule has 0 heterocycles. The van der Waals surface area contributed by atoms with E-state index < -0.39 is 0 Å². The predicted octanol–water partition coefficient (Wildman–Crippen LogP) is 2.05.